The first kappa shape index (κ1) is 9.13. The Hall–Kier alpha value is -1.12. The number of nitrogens with zero attached hydrogens (tertiary/aromatic N) is 1. The lowest BCUT2D eigenvalue weighted by Crippen LogP contribution is -2.46. The monoisotopic (exact) mass is 204 g/mol. The Labute approximate surface area is 89.3 Å². The fourth-order valence-corrected chi connectivity index (χ4v) is 3.00. The number of rotatable bonds is 3. The van der Waals surface area contributed by atoms with Crippen LogP contribution in [0.3, 0.4) is 0 Å². The van der Waals surface area contributed by atoms with Crippen molar-refractivity contribution in [2.75, 3.05) is 0 Å². The normalized spacial score (nSPS) is 23.5. The Balaban J connectivity index is 1.54. The molecule has 15 heavy (non-hydrogen) atoms. The van der Waals surface area contributed by atoms with Gasteiger partial charge in [0, 0.05) is 18.3 Å². The van der Waals surface area contributed by atoms with Crippen LogP contribution in [0.2, 0.25) is 0 Å². The third kappa shape index (κ3) is 1.50. The predicted octanol–water partition coefficient (Wildman–Crippen LogP) is 2.10. The number of aromatic nitrogens is 2. The lowest BCUT2D eigenvalue weighted by molar-refractivity contribution is -0.133. The number of hydrogen-bond acceptors (Lipinski definition) is 2. The minimum absolute atomic E-state index is 0.329. The molecule has 1 aromatic heterocycles. The fraction of sp³-hybridized carbons (Fsp3) is 0.667. The lowest BCUT2D eigenvalue weighted by Gasteiger charge is -2.53. The molecule has 1 N–H and O–H groups in total. The van der Waals surface area contributed by atoms with E-state index in [4.69, 9.17) is 0 Å². The fourth-order valence-electron chi connectivity index (χ4n) is 3.00. The molecule has 0 aliphatic heterocycles. The molecule has 1 spiro atoms. The number of H-pyrrole nitrogens is 1. The first-order valence-electron chi connectivity index (χ1n) is 5.78. The molecule has 2 fully saturated rings. The van der Waals surface area contributed by atoms with E-state index < -0.39 is 0 Å². The average Bonchev–Trinajstić information content (AvgIpc) is 2.51. The summed E-state index contributed by atoms with van der Waals surface area (Å²) in [6.45, 7) is 0. The summed E-state index contributed by atoms with van der Waals surface area (Å²) in [6, 6.07) is 0. The summed E-state index contributed by atoms with van der Waals surface area (Å²) in [7, 11) is 0. The average molecular weight is 204 g/mol. The summed E-state index contributed by atoms with van der Waals surface area (Å²) in [5.74, 6) is 1.52. The van der Waals surface area contributed by atoms with E-state index in [-0.39, 0.29) is 0 Å². The summed E-state index contributed by atoms with van der Waals surface area (Å²) < 4.78 is 0. The second-order valence-electron chi connectivity index (χ2n) is 5.14. The standard InChI is InChI=1S/C12H16N2O/c15-10(6-11-13-4-5-14-11)9-7-12(8-9)2-1-3-12/h4-5,9H,1-3,6-8H2,(H,13,14). The Morgan fingerprint density at radius 1 is 1.53 bits per heavy atom. The van der Waals surface area contributed by atoms with Crippen molar-refractivity contribution in [1.82, 2.24) is 9.97 Å². The van der Waals surface area contributed by atoms with Gasteiger partial charge in [0.25, 0.3) is 0 Å². The number of carbonyl (C=O) groups excluding carboxylic acids is 1. The van der Waals surface area contributed by atoms with Gasteiger partial charge in [0.05, 0.1) is 6.42 Å². The van der Waals surface area contributed by atoms with Crippen LogP contribution in [0.4, 0.5) is 0 Å². The van der Waals surface area contributed by atoms with E-state index >= 15 is 0 Å². The second-order valence-corrected chi connectivity index (χ2v) is 5.14. The number of carbonyl (C=O) groups is 1. The van der Waals surface area contributed by atoms with Crippen LogP contribution in [0.15, 0.2) is 12.4 Å². The Kier molecular flexibility index (Phi) is 1.94. The molecule has 3 rings (SSSR count). The Morgan fingerprint density at radius 2 is 2.33 bits per heavy atom. The summed E-state index contributed by atoms with van der Waals surface area (Å²) >= 11 is 0. The minimum atomic E-state index is 0.329. The van der Waals surface area contributed by atoms with Crippen molar-refractivity contribution in [3.8, 4) is 0 Å². The molecule has 0 atom stereocenters. The van der Waals surface area contributed by atoms with Crippen LogP contribution in [0.25, 0.3) is 0 Å². The maximum absolute atomic E-state index is 11.9. The SMILES string of the molecule is O=C(Cc1ncc[nH]1)C1CC2(CCC2)C1. The van der Waals surface area contributed by atoms with Crippen LogP contribution in [0.1, 0.15) is 37.9 Å². The molecule has 0 radical (unpaired) electrons. The molecule has 2 saturated carbocycles. The molecule has 1 aromatic rings. The largest absolute Gasteiger partial charge is 0.348 e. The molecule has 0 bridgehead atoms. The van der Waals surface area contributed by atoms with Gasteiger partial charge in [-0.15, -0.1) is 0 Å². The molecule has 3 nitrogen and oxygen atoms in total. The molecule has 0 unspecified atom stereocenters. The zero-order chi connectivity index (χ0) is 10.3. The highest BCUT2D eigenvalue weighted by atomic mass is 16.1. The van der Waals surface area contributed by atoms with Crippen molar-refractivity contribution in [3.05, 3.63) is 18.2 Å². The van der Waals surface area contributed by atoms with Crippen LogP contribution in [0, 0.1) is 11.3 Å². The highest BCUT2D eigenvalue weighted by molar-refractivity contribution is 5.83. The number of ketones is 1. The molecule has 0 aromatic carbocycles. The Bertz CT molecular complexity index is 357. The number of imidazole rings is 1. The first-order valence-corrected chi connectivity index (χ1v) is 5.78. The van der Waals surface area contributed by atoms with E-state index in [9.17, 15) is 4.79 Å². The van der Waals surface area contributed by atoms with Crippen LogP contribution in [-0.2, 0) is 11.2 Å². The van der Waals surface area contributed by atoms with Crippen molar-refractivity contribution in [3.63, 3.8) is 0 Å². The van der Waals surface area contributed by atoms with E-state index in [1.54, 1.807) is 12.4 Å². The van der Waals surface area contributed by atoms with Crippen LogP contribution >= 0.6 is 0 Å². The van der Waals surface area contributed by atoms with Crippen molar-refractivity contribution in [2.24, 2.45) is 11.3 Å². The van der Waals surface area contributed by atoms with Gasteiger partial charge in [0.2, 0.25) is 0 Å². The number of hydrogen-bond donors (Lipinski definition) is 1. The van der Waals surface area contributed by atoms with Crippen molar-refractivity contribution >= 4 is 5.78 Å². The topological polar surface area (TPSA) is 45.8 Å². The molecule has 0 amide bonds. The van der Waals surface area contributed by atoms with Crippen LogP contribution in [0.5, 0.6) is 0 Å². The highest BCUT2D eigenvalue weighted by Crippen LogP contribution is 2.58. The number of Topliss-reactive ketones (excluding diaryl/α,β-unsaturated/α-hetero) is 1. The maximum Gasteiger partial charge on any atom is 0.143 e. The van der Waals surface area contributed by atoms with Gasteiger partial charge in [-0.2, -0.15) is 0 Å². The third-order valence-corrected chi connectivity index (χ3v) is 4.12. The van der Waals surface area contributed by atoms with E-state index in [0.717, 1.165) is 18.7 Å². The Morgan fingerprint density at radius 3 is 2.87 bits per heavy atom. The quantitative estimate of drug-likeness (QED) is 0.819. The predicted molar refractivity (Wildman–Crippen MR) is 56.3 cm³/mol. The van der Waals surface area contributed by atoms with Gasteiger partial charge in [0.1, 0.15) is 11.6 Å². The smallest absolute Gasteiger partial charge is 0.143 e. The summed E-state index contributed by atoms with van der Waals surface area (Å²) in [5, 5.41) is 0. The molecule has 2 aliphatic rings. The molecular formula is C12H16N2O. The van der Waals surface area contributed by atoms with Gasteiger partial charge < -0.3 is 4.98 Å². The minimum Gasteiger partial charge on any atom is -0.348 e. The van der Waals surface area contributed by atoms with Crippen LogP contribution < -0.4 is 0 Å². The summed E-state index contributed by atoms with van der Waals surface area (Å²) in [6.07, 6.45) is 10.4. The number of aromatic amines is 1. The molecule has 3 heteroatoms. The molecular weight excluding hydrogens is 188 g/mol. The molecule has 2 aliphatic carbocycles. The summed E-state index contributed by atoms with van der Waals surface area (Å²) in [4.78, 5) is 18.9. The van der Waals surface area contributed by atoms with E-state index in [1.807, 2.05) is 0 Å². The zero-order valence-electron chi connectivity index (χ0n) is 8.83. The molecule has 0 saturated heterocycles. The second kappa shape index (κ2) is 3.19. The highest BCUT2D eigenvalue weighted by Gasteiger charge is 2.50. The van der Waals surface area contributed by atoms with Crippen molar-refractivity contribution in [2.45, 2.75) is 38.5 Å². The number of nitrogens with one attached hydrogen (secondary N) is 1. The molecule has 80 valence electrons. The first-order chi connectivity index (χ1) is 7.27. The molecule has 1 heterocycles. The maximum atomic E-state index is 11.9. The van der Waals surface area contributed by atoms with E-state index in [1.165, 1.54) is 19.3 Å². The van der Waals surface area contributed by atoms with E-state index in [2.05, 4.69) is 9.97 Å². The summed E-state index contributed by atoms with van der Waals surface area (Å²) in [5.41, 5.74) is 0.601. The van der Waals surface area contributed by atoms with E-state index in [0.29, 0.717) is 23.5 Å². The zero-order valence-corrected chi connectivity index (χ0v) is 8.83. The van der Waals surface area contributed by atoms with Gasteiger partial charge in [-0.05, 0) is 31.1 Å². The van der Waals surface area contributed by atoms with Gasteiger partial charge in [-0.1, -0.05) is 6.42 Å². The lowest BCUT2D eigenvalue weighted by atomic mass is 9.51. The van der Waals surface area contributed by atoms with Crippen molar-refractivity contribution < 1.29 is 4.79 Å². The van der Waals surface area contributed by atoms with Gasteiger partial charge in [-0.3, -0.25) is 4.79 Å². The van der Waals surface area contributed by atoms with Gasteiger partial charge in [-0.25, -0.2) is 4.98 Å². The third-order valence-electron chi connectivity index (χ3n) is 4.12. The van der Waals surface area contributed by atoms with Crippen molar-refractivity contribution in [1.29, 1.82) is 0 Å². The van der Waals surface area contributed by atoms with Crippen LogP contribution in [-0.4, -0.2) is 15.8 Å². The van der Waals surface area contributed by atoms with Gasteiger partial charge >= 0.3 is 0 Å². The van der Waals surface area contributed by atoms with Gasteiger partial charge in [0.15, 0.2) is 0 Å².